The molecule has 0 saturated heterocycles. The zero-order valence-electron chi connectivity index (χ0n) is 11.0. The molecule has 5 rings (SSSR count). The minimum atomic E-state index is 0.557. The average molecular weight is 282 g/mol. The van der Waals surface area contributed by atoms with Crippen LogP contribution in [0, 0.1) is 0 Å². The third kappa shape index (κ3) is 1.46. The number of nitrogens with zero attached hydrogens (tertiary/aromatic N) is 2. The quantitative estimate of drug-likeness (QED) is 0.631. The van der Waals surface area contributed by atoms with Gasteiger partial charge in [0.25, 0.3) is 0 Å². The SMILES string of the molecule is c1nc2cc3c(cc2o1)CN1CCc2sccc2[C@@H]1C3. The fourth-order valence-electron chi connectivity index (χ4n) is 3.63. The van der Waals surface area contributed by atoms with Gasteiger partial charge in [0.15, 0.2) is 12.0 Å². The van der Waals surface area contributed by atoms with E-state index in [1.54, 1.807) is 16.8 Å². The topological polar surface area (TPSA) is 29.3 Å². The van der Waals surface area contributed by atoms with Gasteiger partial charge in [-0.2, -0.15) is 0 Å². The molecule has 2 aliphatic rings. The molecule has 3 aromatic rings. The van der Waals surface area contributed by atoms with Crippen LogP contribution in [0.1, 0.15) is 27.6 Å². The number of hydrogen-bond acceptors (Lipinski definition) is 4. The van der Waals surface area contributed by atoms with Crippen LogP contribution in [0.3, 0.4) is 0 Å². The van der Waals surface area contributed by atoms with Crippen molar-refractivity contribution in [3.8, 4) is 0 Å². The summed E-state index contributed by atoms with van der Waals surface area (Å²) in [5, 5.41) is 2.24. The van der Waals surface area contributed by atoms with Gasteiger partial charge in [-0.3, -0.25) is 4.90 Å². The maximum Gasteiger partial charge on any atom is 0.181 e. The lowest BCUT2D eigenvalue weighted by molar-refractivity contribution is 0.162. The first kappa shape index (κ1) is 11.1. The number of hydrogen-bond donors (Lipinski definition) is 0. The number of fused-ring (bicyclic) bond motifs is 5. The Kier molecular flexibility index (Phi) is 2.17. The fraction of sp³-hybridized carbons (Fsp3) is 0.312. The maximum absolute atomic E-state index is 5.44. The van der Waals surface area contributed by atoms with Crippen LogP contribution < -0.4 is 0 Å². The molecule has 4 heteroatoms. The number of thiophene rings is 1. The van der Waals surface area contributed by atoms with Gasteiger partial charge in [0, 0.05) is 24.0 Å². The molecule has 0 amide bonds. The summed E-state index contributed by atoms with van der Waals surface area (Å²) in [7, 11) is 0. The molecule has 4 heterocycles. The van der Waals surface area contributed by atoms with Crippen LogP contribution in [0.4, 0.5) is 0 Å². The van der Waals surface area contributed by atoms with Crippen LogP contribution in [0.15, 0.2) is 34.4 Å². The second-order valence-corrected chi connectivity index (χ2v) is 6.68. The highest BCUT2D eigenvalue weighted by Gasteiger charge is 2.32. The van der Waals surface area contributed by atoms with E-state index in [1.165, 1.54) is 24.1 Å². The first-order chi connectivity index (χ1) is 9.88. The summed E-state index contributed by atoms with van der Waals surface area (Å²) in [5.74, 6) is 0. The monoisotopic (exact) mass is 282 g/mol. The molecule has 3 nitrogen and oxygen atoms in total. The van der Waals surface area contributed by atoms with E-state index in [2.05, 4.69) is 33.5 Å². The van der Waals surface area contributed by atoms with Crippen molar-refractivity contribution in [1.29, 1.82) is 0 Å². The molecule has 0 radical (unpaired) electrons. The van der Waals surface area contributed by atoms with Gasteiger partial charge in [-0.25, -0.2) is 4.98 Å². The molecule has 1 atom stereocenters. The Morgan fingerprint density at radius 1 is 1.30 bits per heavy atom. The Bertz CT molecular complexity index is 804. The largest absolute Gasteiger partial charge is 0.443 e. The lowest BCUT2D eigenvalue weighted by Gasteiger charge is -2.40. The molecule has 0 bridgehead atoms. The normalized spacial score (nSPS) is 21.5. The van der Waals surface area contributed by atoms with E-state index in [0.717, 1.165) is 24.1 Å². The molecule has 20 heavy (non-hydrogen) atoms. The van der Waals surface area contributed by atoms with Crippen molar-refractivity contribution < 1.29 is 4.42 Å². The maximum atomic E-state index is 5.44. The number of benzene rings is 1. The molecule has 100 valence electrons. The number of rotatable bonds is 0. The summed E-state index contributed by atoms with van der Waals surface area (Å²) < 4.78 is 5.44. The van der Waals surface area contributed by atoms with Crippen LogP contribution in [0.2, 0.25) is 0 Å². The van der Waals surface area contributed by atoms with Crippen LogP contribution in [0.5, 0.6) is 0 Å². The minimum absolute atomic E-state index is 0.557. The Labute approximate surface area is 120 Å². The minimum Gasteiger partial charge on any atom is -0.443 e. The lowest BCUT2D eigenvalue weighted by atomic mass is 9.87. The third-order valence-electron chi connectivity index (χ3n) is 4.65. The van der Waals surface area contributed by atoms with E-state index in [1.807, 2.05) is 11.3 Å². The molecule has 0 N–H and O–H groups in total. The van der Waals surface area contributed by atoms with Gasteiger partial charge < -0.3 is 4.42 Å². The van der Waals surface area contributed by atoms with E-state index >= 15 is 0 Å². The van der Waals surface area contributed by atoms with Crippen molar-refractivity contribution in [3.63, 3.8) is 0 Å². The van der Waals surface area contributed by atoms with E-state index in [9.17, 15) is 0 Å². The first-order valence-corrected chi connectivity index (χ1v) is 7.92. The lowest BCUT2D eigenvalue weighted by Crippen LogP contribution is -2.38. The Morgan fingerprint density at radius 2 is 2.30 bits per heavy atom. The van der Waals surface area contributed by atoms with E-state index in [4.69, 9.17) is 4.42 Å². The first-order valence-electron chi connectivity index (χ1n) is 7.04. The van der Waals surface area contributed by atoms with Gasteiger partial charge in [0.05, 0.1) is 0 Å². The molecule has 0 spiro atoms. The van der Waals surface area contributed by atoms with Crippen LogP contribution in [-0.4, -0.2) is 16.4 Å². The van der Waals surface area contributed by atoms with Crippen LogP contribution >= 0.6 is 11.3 Å². The summed E-state index contributed by atoms with van der Waals surface area (Å²) in [6, 6.07) is 7.27. The van der Waals surface area contributed by atoms with Gasteiger partial charge in [0.1, 0.15) is 5.52 Å². The van der Waals surface area contributed by atoms with Crippen molar-refractivity contribution in [2.24, 2.45) is 0 Å². The Morgan fingerprint density at radius 3 is 3.30 bits per heavy atom. The standard InChI is InChI=1S/C16H14N2OS/c1-3-18-8-11-7-15-13(17-9-19-15)5-10(11)6-14(18)12-2-4-20-16(1)12/h2,4-5,7,9,14H,1,3,6,8H2/t14-/m0/s1. The molecule has 0 fully saturated rings. The van der Waals surface area contributed by atoms with Gasteiger partial charge in [-0.1, -0.05) is 0 Å². The highest BCUT2D eigenvalue weighted by Crippen LogP contribution is 2.40. The van der Waals surface area contributed by atoms with Gasteiger partial charge >= 0.3 is 0 Å². The molecule has 2 aliphatic heterocycles. The van der Waals surface area contributed by atoms with Crippen molar-refractivity contribution in [2.75, 3.05) is 6.54 Å². The van der Waals surface area contributed by atoms with E-state index in [0.29, 0.717) is 6.04 Å². The molecule has 2 aromatic heterocycles. The van der Waals surface area contributed by atoms with Crippen LogP contribution in [-0.2, 0) is 19.4 Å². The number of oxazole rings is 1. The fourth-order valence-corrected chi connectivity index (χ4v) is 4.56. The molecular formula is C16H14N2OS. The van der Waals surface area contributed by atoms with Gasteiger partial charge in [-0.15, -0.1) is 11.3 Å². The second-order valence-electron chi connectivity index (χ2n) is 5.68. The van der Waals surface area contributed by atoms with Gasteiger partial charge in [-0.05, 0) is 53.1 Å². The van der Waals surface area contributed by atoms with Gasteiger partial charge in [0.2, 0.25) is 0 Å². The second kappa shape index (κ2) is 3.93. The third-order valence-corrected chi connectivity index (χ3v) is 5.64. The molecule has 0 saturated carbocycles. The van der Waals surface area contributed by atoms with E-state index in [-0.39, 0.29) is 0 Å². The highest BCUT2D eigenvalue weighted by molar-refractivity contribution is 7.10. The summed E-state index contributed by atoms with van der Waals surface area (Å²) in [5.41, 5.74) is 6.29. The van der Waals surface area contributed by atoms with E-state index < -0.39 is 0 Å². The molecular weight excluding hydrogens is 268 g/mol. The predicted molar refractivity (Wildman–Crippen MR) is 78.9 cm³/mol. The summed E-state index contributed by atoms with van der Waals surface area (Å²) in [4.78, 5) is 8.48. The molecule has 0 unspecified atom stereocenters. The zero-order chi connectivity index (χ0) is 13.1. The molecule has 0 aliphatic carbocycles. The Balaban J connectivity index is 1.64. The molecule has 1 aromatic carbocycles. The number of aromatic nitrogens is 1. The smallest absolute Gasteiger partial charge is 0.181 e. The van der Waals surface area contributed by atoms with Crippen LogP contribution in [0.25, 0.3) is 11.1 Å². The van der Waals surface area contributed by atoms with Crippen molar-refractivity contribution in [3.05, 3.63) is 51.5 Å². The zero-order valence-corrected chi connectivity index (χ0v) is 11.8. The summed E-state index contributed by atoms with van der Waals surface area (Å²) in [6.07, 6.45) is 3.84. The summed E-state index contributed by atoms with van der Waals surface area (Å²) >= 11 is 1.91. The summed E-state index contributed by atoms with van der Waals surface area (Å²) in [6.45, 7) is 2.21. The van der Waals surface area contributed by atoms with Crippen molar-refractivity contribution >= 4 is 22.4 Å². The highest BCUT2D eigenvalue weighted by atomic mass is 32.1. The predicted octanol–water partition coefficient (Wildman–Crippen LogP) is 3.54. The van der Waals surface area contributed by atoms with Crippen molar-refractivity contribution in [1.82, 2.24) is 9.88 Å². The van der Waals surface area contributed by atoms with Crippen molar-refractivity contribution in [2.45, 2.75) is 25.4 Å². The Hall–Kier alpha value is -1.65. The average Bonchev–Trinajstić information content (AvgIpc) is 3.10.